The number of nitrogens with zero attached hydrogens (tertiary/aromatic N) is 1. The zero-order valence-corrected chi connectivity index (χ0v) is 12.5. The SMILES string of the molecule is CCCNC(=O)C1COCCN1C/C=C(/C)C(=O)OC. The fraction of sp³-hybridized carbons (Fsp3) is 0.714. The summed E-state index contributed by atoms with van der Waals surface area (Å²) in [7, 11) is 1.36. The highest BCUT2D eigenvalue weighted by Gasteiger charge is 2.28. The van der Waals surface area contributed by atoms with E-state index in [1.54, 1.807) is 13.0 Å². The highest BCUT2D eigenvalue weighted by Crippen LogP contribution is 2.08. The Morgan fingerprint density at radius 2 is 2.25 bits per heavy atom. The number of methoxy groups -OCH3 is 1. The molecule has 0 aromatic heterocycles. The second-order valence-corrected chi connectivity index (χ2v) is 4.76. The third kappa shape index (κ3) is 4.94. The Balaban J connectivity index is 2.60. The van der Waals surface area contributed by atoms with E-state index in [4.69, 9.17) is 4.74 Å². The van der Waals surface area contributed by atoms with Crippen molar-refractivity contribution in [2.24, 2.45) is 0 Å². The summed E-state index contributed by atoms with van der Waals surface area (Å²) in [5, 5.41) is 2.88. The van der Waals surface area contributed by atoms with Gasteiger partial charge in [-0.15, -0.1) is 0 Å². The number of nitrogens with one attached hydrogen (secondary N) is 1. The Bertz CT molecular complexity index is 368. The lowest BCUT2D eigenvalue weighted by molar-refractivity contribution is -0.136. The molecule has 1 atom stereocenters. The summed E-state index contributed by atoms with van der Waals surface area (Å²) in [5.74, 6) is -0.360. The van der Waals surface area contributed by atoms with E-state index in [1.807, 2.05) is 11.8 Å². The van der Waals surface area contributed by atoms with Gasteiger partial charge in [-0.1, -0.05) is 13.0 Å². The molecule has 1 saturated heterocycles. The number of esters is 1. The molecule has 1 amide bonds. The number of morpholine rings is 1. The number of amides is 1. The molecule has 1 unspecified atom stereocenters. The van der Waals surface area contributed by atoms with Gasteiger partial charge in [-0.2, -0.15) is 0 Å². The van der Waals surface area contributed by atoms with Crippen LogP contribution >= 0.6 is 0 Å². The van der Waals surface area contributed by atoms with E-state index in [-0.39, 0.29) is 17.9 Å². The molecular weight excluding hydrogens is 260 g/mol. The lowest BCUT2D eigenvalue weighted by Crippen LogP contribution is -2.53. The van der Waals surface area contributed by atoms with Crippen LogP contribution in [0.1, 0.15) is 20.3 Å². The Morgan fingerprint density at radius 1 is 1.50 bits per heavy atom. The second kappa shape index (κ2) is 8.71. The zero-order chi connectivity index (χ0) is 15.0. The van der Waals surface area contributed by atoms with E-state index in [9.17, 15) is 9.59 Å². The van der Waals surface area contributed by atoms with Crippen molar-refractivity contribution in [2.75, 3.05) is 40.0 Å². The normalized spacial score (nSPS) is 20.6. The molecule has 1 rings (SSSR count). The standard InChI is InChI=1S/C14H24N2O4/c1-4-6-15-13(17)12-10-20-9-8-16(12)7-5-11(2)14(18)19-3/h5,12H,4,6-10H2,1-3H3,(H,15,17)/b11-5-. The van der Waals surface area contributed by atoms with Crippen LogP contribution in [0.3, 0.4) is 0 Å². The maximum atomic E-state index is 12.1. The third-order valence-electron chi connectivity index (χ3n) is 3.23. The van der Waals surface area contributed by atoms with Gasteiger partial charge < -0.3 is 14.8 Å². The number of ether oxygens (including phenoxy) is 2. The largest absolute Gasteiger partial charge is 0.466 e. The molecule has 0 aliphatic carbocycles. The van der Waals surface area contributed by atoms with E-state index in [2.05, 4.69) is 10.1 Å². The zero-order valence-electron chi connectivity index (χ0n) is 12.5. The van der Waals surface area contributed by atoms with E-state index >= 15 is 0 Å². The molecule has 6 heteroatoms. The van der Waals surface area contributed by atoms with Crippen molar-refractivity contribution in [3.8, 4) is 0 Å². The van der Waals surface area contributed by atoms with Crippen LogP contribution in [0.5, 0.6) is 0 Å². The molecule has 1 aliphatic rings. The quantitative estimate of drug-likeness (QED) is 0.562. The van der Waals surface area contributed by atoms with Gasteiger partial charge in [0, 0.05) is 25.2 Å². The van der Waals surface area contributed by atoms with Crippen LogP contribution in [0.4, 0.5) is 0 Å². The molecule has 1 heterocycles. The van der Waals surface area contributed by atoms with E-state index in [0.29, 0.717) is 38.4 Å². The maximum Gasteiger partial charge on any atom is 0.333 e. The molecule has 0 aromatic rings. The van der Waals surface area contributed by atoms with E-state index in [0.717, 1.165) is 6.42 Å². The highest BCUT2D eigenvalue weighted by molar-refractivity contribution is 5.87. The molecule has 0 radical (unpaired) electrons. The first kappa shape index (κ1) is 16.7. The van der Waals surface area contributed by atoms with Gasteiger partial charge in [0.2, 0.25) is 5.91 Å². The second-order valence-electron chi connectivity index (χ2n) is 4.76. The van der Waals surface area contributed by atoms with Gasteiger partial charge in [0.25, 0.3) is 0 Å². The van der Waals surface area contributed by atoms with Gasteiger partial charge in [0.1, 0.15) is 6.04 Å². The molecule has 0 spiro atoms. The van der Waals surface area contributed by atoms with Gasteiger partial charge in [0.15, 0.2) is 0 Å². The number of carbonyl (C=O) groups excluding carboxylic acids is 2. The van der Waals surface area contributed by atoms with Gasteiger partial charge in [0.05, 0.1) is 20.3 Å². The number of rotatable bonds is 6. The van der Waals surface area contributed by atoms with Crippen LogP contribution in [0.15, 0.2) is 11.6 Å². The maximum absolute atomic E-state index is 12.1. The van der Waals surface area contributed by atoms with Gasteiger partial charge >= 0.3 is 5.97 Å². The summed E-state index contributed by atoms with van der Waals surface area (Å²) in [4.78, 5) is 25.4. The minimum absolute atomic E-state index is 0.0179. The monoisotopic (exact) mass is 284 g/mol. The van der Waals surface area contributed by atoms with Crippen LogP contribution < -0.4 is 5.32 Å². The van der Waals surface area contributed by atoms with Crippen molar-refractivity contribution in [3.63, 3.8) is 0 Å². The lowest BCUT2D eigenvalue weighted by Gasteiger charge is -2.33. The van der Waals surface area contributed by atoms with Crippen molar-refractivity contribution < 1.29 is 19.1 Å². The van der Waals surface area contributed by atoms with Crippen molar-refractivity contribution in [1.29, 1.82) is 0 Å². The van der Waals surface area contributed by atoms with Gasteiger partial charge in [-0.3, -0.25) is 9.69 Å². The summed E-state index contributed by atoms with van der Waals surface area (Å²) < 4.78 is 10.0. The minimum Gasteiger partial charge on any atom is -0.466 e. The molecule has 114 valence electrons. The minimum atomic E-state index is -0.342. The predicted molar refractivity (Wildman–Crippen MR) is 75.3 cm³/mol. The van der Waals surface area contributed by atoms with Crippen molar-refractivity contribution in [2.45, 2.75) is 26.3 Å². The number of hydrogen-bond donors (Lipinski definition) is 1. The van der Waals surface area contributed by atoms with Crippen LogP contribution in [0.2, 0.25) is 0 Å². The van der Waals surface area contributed by atoms with Crippen LogP contribution in [-0.4, -0.2) is 62.8 Å². The molecule has 0 saturated carbocycles. The fourth-order valence-electron chi connectivity index (χ4n) is 1.96. The van der Waals surface area contributed by atoms with Crippen molar-refractivity contribution in [3.05, 3.63) is 11.6 Å². The van der Waals surface area contributed by atoms with Gasteiger partial charge in [-0.25, -0.2) is 4.79 Å². The molecular formula is C14H24N2O4. The Labute approximate surface area is 120 Å². The summed E-state index contributed by atoms with van der Waals surface area (Å²) in [6.07, 6.45) is 2.69. The first-order valence-corrected chi connectivity index (χ1v) is 6.94. The van der Waals surface area contributed by atoms with Crippen molar-refractivity contribution in [1.82, 2.24) is 10.2 Å². The topological polar surface area (TPSA) is 67.9 Å². The molecule has 1 N–H and O–H groups in total. The molecule has 20 heavy (non-hydrogen) atoms. The highest BCUT2D eigenvalue weighted by atomic mass is 16.5. The molecule has 6 nitrogen and oxygen atoms in total. The van der Waals surface area contributed by atoms with Crippen molar-refractivity contribution >= 4 is 11.9 Å². The van der Waals surface area contributed by atoms with E-state index in [1.165, 1.54) is 7.11 Å². The Morgan fingerprint density at radius 3 is 2.90 bits per heavy atom. The first-order valence-electron chi connectivity index (χ1n) is 6.94. The predicted octanol–water partition coefficient (Wildman–Crippen LogP) is 0.333. The first-order chi connectivity index (χ1) is 9.60. The summed E-state index contributed by atoms with van der Waals surface area (Å²) >= 11 is 0. The lowest BCUT2D eigenvalue weighted by atomic mass is 10.2. The smallest absolute Gasteiger partial charge is 0.333 e. The summed E-state index contributed by atoms with van der Waals surface area (Å²) in [6, 6.07) is -0.294. The fourth-order valence-corrected chi connectivity index (χ4v) is 1.96. The molecule has 1 fully saturated rings. The Hall–Kier alpha value is -1.40. The average Bonchev–Trinajstić information content (AvgIpc) is 2.49. The average molecular weight is 284 g/mol. The molecule has 1 aliphatic heterocycles. The third-order valence-corrected chi connectivity index (χ3v) is 3.23. The molecule has 0 bridgehead atoms. The number of hydrogen-bond acceptors (Lipinski definition) is 5. The van der Waals surface area contributed by atoms with Crippen LogP contribution in [0, 0.1) is 0 Å². The molecule has 0 aromatic carbocycles. The van der Waals surface area contributed by atoms with Gasteiger partial charge in [-0.05, 0) is 13.3 Å². The van der Waals surface area contributed by atoms with Crippen LogP contribution in [0.25, 0.3) is 0 Å². The van der Waals surface area contributed by atoms with E-state index < -0.39 is 0 Å². The summed E-state index contributed by atoms with van der Waals surface area (Å²) in [5.41, 5.74) is 0.548. The summed E-state index contributed by atoms with van der Waals surface area (Å²) in [6.45, 7) is 6.59. The number of carbonyl (C=O) groups is 2. The van der Waals surface area contributed by atoms with Crippen LogP contribution in [-0.2, 0) is 19.1 Å². The Kier molecular flexibility index (Phi) is 7.25.